The largest absolute Gasteiger partial charge is 0.333 e. The third-order valence-electron chi connectivity index (χ3n) is 3.87. The van der Waals surface area contributed by atoms with E-state index in [1.54, 1.807) is 16.2 Å². The molecule has 1 aromatic carbocycles. The molecule has 23 heavy (non-hydrogen) atoms. The number of hydrogen-bond donors (Lipinski definition) is 0. The minimum atomic E-state index is 0.0306. The second kappa shape index (κ2) is 6.64. The Balaban J connectivity index is 1.87. The Hall–Kier alpha value is -1.98. The Labute approximate surface area is 144 Å². The predicted molar refractivity (Wildman–Crippen MR) is 97.1 cm³/mol. The lowest BCUT2D eigenvalue weighted by Gasteiger charge is -2.23. The van der Waals surface area contributed by atoms with Gasteiger partial charge in [-0.3, -0.25) is 4.79 Å². The SMILES string of the molecule is Cc1nc(-c2ccccc2)sc1C(=O)N(C)C(C)c1cccs1. The molecular formula is C18H18N2OS2. The summed E-state index contributed by atoms with van der Waals surface area (Å²) in [6.07, 6.45) is 0. The molecule has 2 heterocycles. The van der Waals surface area contributed by atoms with Gasteiger partial charge in [-0.25, -0.2) is 4.98 Å². The summed E-state index contributed by atoms with van der Waals surface area (Å²) < 4.78 is 0. The van der Waals surface area contributed by atoms with Crippen molar-refractivity contribution in [2.75, 3.05) is 7.05 Å². The first kappa shape index (κ1) is 15.9. The predicted octanol–water partition coefficient (Wildman–Crippen LogP) is 5.01. The van der Waals surface area contributed by atoms with E-state index in [0.717, 1.165) is 21.1 Å². The Morgan fingerprint density at radius 3 is 2.57 bits per heavy atom. The summed E-state index contributed by atoms with van der Waals surface area (Å²) >= 11 is 3.14. The Morgan fingerprint density at radius 1 is 1.17 bits per heavy atom. The van der Waals surface area contributed by atoms with E-state index in [2.05, 4.69) is 18.0 Å². The van der Waals surface area contributed by atoms with E-state index in [-0.39, 0.29) is 11.9 Å². The van der Waals surface area contributed by atoms with Crippen molar-refractivity contribution >= 4 is 28.6 Å². The van der Waals surface area contributed by atoms with Crippen LogP contribution in [-0.2, 0) is 0 Å². The first-order chi connectivity index (χ1) is 11.1. The zero-order valence-electron chi connectivity index (χ0n) is 13.3. The summed E-state index contributed by atoms with van der Waals surface area (Å²) in [7, 11) is 1.86. The average molecular weight is 342 g/mol. The maximum Gasteiger partial charge on any atom is 0.266 e. The third-order valence-corrected chi connectivity index (χ3v) is 6.10. The maximum atomic E-state index is 12.8. The summed E-state index contributed by atoms with van der Waals surface area (Å²) in [5.74, 6) is 0.0306. The molecule has 0 fully saturated rings. The average Bonchev–Trinajstić information content (AvgIpc) is 3.23. The molecule has 0 saturated heterocycles. The van der Waals surface area contributed by atoms with Gasteiger partial charge in [0.15, 0.2) is 0 Å². The standard InChI is InChI=1S/C18H18N2OS2/c1-12-16(23-17(19-12)14-8-5-4-6-9-14)18(21)20(3)13(2)15-10-7-11-22-15/h4-11,13H,1-3H3. The van der Waals surface area contributed by atoms with Crippen LogP contribution in [0.5, 0.6) is 0 Å². The number of aromatic nitrogens is 1. The third kappa shape index (κ3) is 3.21. The van der Waals surface area contributed by atoms with E-state index in [1.165, 1.54) is 16.2 Å². The molecule has 0 bridgehead atoms. The van der Waals surface area contributed by atoms with Crippen LogP contribution in [0.2, 0.25) is 0 Å². The monoisotopic (exact) mass is 342 g/mol. The van der Waals surface area contributed by atoms with E-state index < -0.39 is 0 Å². The van der Waals surface area contributed by atoms with Gasteiger partial charge in [-0.2, -0.15) is 0 Å². The molecular weight excluding hydrogens is 324 g/mol. The van der Waals surface area contributed by atoms with Crippen LogP contribution in [0.3, 0.4) is 0 Å². The Kier molecular flexibility index (Phi) is 4.59. The van der Waals surface area contributed by atoms with Crippen LogP contribution in [0.25, 0.3) is 10.6 Å². The smallest absolute Gasteiger partial charge is 0.266 e. The highest BCUT2D eigenvalue weighted by atomic mass is 32.1. The van der Waals surface area contributed by atoms with Gasteiger partial charge in [0, 0.05) is 17.5 Å². The molecule has 2 aromatic heterocycles. The fourth-order valence-electron chi connectivity index (χ4n) is 2.35. The van der Waals surface area contributed by atoms with E-state index >= 15 is 0 Å². The summed E-state index contributed by atoms with van der Waals surface area (Å²) in [6.45, 7) is 3.96. The van der Waals surface area contributed by atoms with Gasteiger partial charge in [0.2, 0.25) is 0 Å². The van der Waals surface area contributed by atoms with E-state index in [4.69, 9.17) is 0 Å². The van der Waals surface area contributed by atoms with Gasteiger partial charge in [-0.15, -0.1) is 22.7 Å². The number of nitrogens with zero attached hydrogens (tertiary/aromatic N) is 2. The first-order valence-corrected chi connectivity index (χ1v) is 9.11. The summed E-state index contributed by atoms with van der Waals surface area (Å²) in [4.78, 5) is 21.1. The van der Waals surface area contributed by atoms with Gasteiger partial charge in [0.1, 0.15) is 9.88 Å². The zero-order chi connectivity index (χ0) is 16.4. The lowest BCUT2D eigenvalue weighted by molar-refractivity contribution is 0.0749. The van der Waals surface area contributed by atoms with Crippen LogP contribution in [-0.4, -0.2) is 22.8 Å². The van der Waals surface area contributed by atoms with Crippen molar-refractivity contribution < 1.29 is 4.79 Å². The molecule has 0 N–H and O–H groups in total. The number of amides is 1. The van der Waals surface area contributed by atoms with Crippen molar-refractivity contribution in [1.82, 2.24) is 9.88 Å². The Morgan fingerprint density at radius 2 is 1.91 bits per heavy atom. The number of aryl methyl sites for hydroxylation is 1. The van der Waals surface area contributed by atoms with Crippen LogP contribution in [0.1, 0.15) is 33.2 Å². The number of thiophene rings is 1. The summed E-state index contributed by atoms with van der Waals surface area (Å²) in [5.41, 5.74) is 1.85. The lowest BCUT2D eigenvalue weighted by atomic mass is 10.2. The molecule has 0 aliphatic heterocycles. The fraction of sp³-hybridized carbons (Fsp3) is 0.222. The molecule has 3 nitrogen and oxygen atoms in total. The quantitative estimate of drug-likeness (QED) is 0.667. The number of carbonyl (C=O) groups is 1. The number of rotatable bonds is 4. The zero-order valence-corrected chi connectivity index (χ0v) is 14.9. The molecule has 0 spiro atoms. The van der Waals surface area contributed by atoms with Crippen molar-refractivity contribution in [3.63, 3.8) is 0 Å². The van der Waals surface area contributed by atoms with Crippen molar-refractivity contribution in [2.45, 2.75) is 19.9 Å². The first-order valence-electron chi connectivity index (χ1n) is 7.41. The maximum absolute atomic E-state index is 12.8. The summed E-state index contributed by atoms with van der Waals surface area (Å²) in [5, 5.41) is 2.93. The molecule has 0 aliphatic rings. The van der Waals surface area contributed by atoms with Crippen LogP contribution >= 0.6 is 22.7 Å². The molecule has 0 saturated carbocycles. The highest BCUT2D eigenvalue weighted by molar-refractivity contribution is 7.17. The van der Waals surface area contributed by atoms with E-state index in [9.17, 15) is 4.79 Å². The molecule has 0 radical (unpaired) electrons. The van der Waals surface area contributed by atoms with Crippen LogP contribution in [0.4, 0.5) is 0 Å². The molecule has 1 unspecified atom stereocenters. The van der Waals surface area contributed by atoms with Crippen molar-refractivity contribution in [3.05, 3.63) is 63.3 Å². The van der Waals surface area contributed by atoms with Crippen LogP contribution in [0.15, 0.2) is 47.8 Å². The van der Waals surface area contributed by atoms with Crippen molar-refractivity contribution in [2.24, 2.45) is 0 Å². The van der Waals surface area contributed by atoms with Gasteiger partial charge >= 0.3 is 0 Å². The Bertz CT molecular complexity index is 794. The number of thiazole rings is 1. The normalized spacial score (nSPS) is 12.1. The highest BCUT2D eigenvalue weighted by Gasteiger charge is 2.24. The van der Waals surface area contributed by atoms with Crippen LogP contribution < -0.4 is 0 Å². The minimum Gasteiger partial charge on any atom is -0.333 e. The topological polar surface area (TPSA) is 33.2 Å². The molecule has 0 aliphatic carbocycles. The van der Waals surface area contributed by atoms with Gasteiger partial charge in [-0.05, 0) is 25.3 Å². The summed E-state index contributed by atoms with van der Waals surface area (Å²) in [6, 6.07) is 14.1. The van der Waals surface area contributed by atoms with Gasteiger partial charge in [0.25, 0.3) is 5.91 Å². The van der Waals surface area contributed by atoms with Crippen LogP contribution in [0, 0.1) is 6.92 Å². The molecule has 118 valence electrons. The molecule has 1 amide bonds. The van der Waals surface area contributed by atoms with Gasteiger partial charge < -0.3 is 4.90 Å². The van der Waals surface area contributed by atoms with Gasteiger partial charge in [-0.1, -0.05) is 36.4 Å². The molecule has 1 atom stereocenters. The van der Waals surface area contributed by atoms with Crippen molar-refractivity contribution in [3.8, 4) is 10.6 Å². The second-order valence-corrected chi connectivity index (χ2v) is 7.39. The van der Waals surface area contributed by atoms with E-state index in [1.807, 2.05) is 55.7 Å². The van der Waals surface area contributed by atoms with E-state index in [0.29, 0.717) is 0 Å². The number of hydrogen-bond acceptors (Lipinski definition) is 4. The number of benzene rings is 1. The highest BCUT2D eigenvalue weighted by Crippen LogP contribution is 2.31. The minimum absolute atomic E-state index is 0.0306. The fourth-order valence-corrected chi connectivity index (χ4v) is 4.24. The second-order valence-electron chi connectivity index (χ2n) is 5.41. The molecule has 5 heteroatoms. The van der Waals surface area contributed by atoms with Crippen molar-refractivity contribution in [1.29, 1.82) is 0 Å². The number of carbonyl (C=O) groups excluding carboxylic acids is 1. The van der Waals surface area contributed by atoms with Gasteiger partial charge in [0.05, 0.1) is 11.7 Å². The molecule has 3 rings (SSSR count). The molecule has 3 aromatic rings. The lowest BCUT2D eigenvalue weighted by Crippen LogP contribution is -2.29.